The molecular formula is C20H21ClN4O3. The molecule has 1 saturated heterocycles. The number of ether oxygens (including phenoxy) is 1. The lowest BCUT2D eigenvalue weighted by Gasteiger charge is -2.32. The summed E-state index contributed by atoms with van der Waals surface area (Å²) in [5.41, 5.74) is 1.24. The number of aromatic nitrogens is 1. The van der Waals surface area contributed by atoms with E-state index in [2.05, 4.69) is 21.3 Å². The smallest absolute Gasteiger partial charge is 0.325 e. The molecule has 0 saturated carbocycles. The van der Waals surface area contributed by atoms with Crippen LogP contribution in [0.1, 0.15) is 25.3 Å². The summed E-state index contributed by atoms with van der Waals surface area (Å²) < 4.78 is 4.81. The van der Waals surface area contributed by atoms with E-state index in [1.54, 1.807) is 31.2 Å². The summed E-state index contributed by atoms with van der Waals surface area (Å²) in [6.45, 7) is 3.21. The van der Waals surface area contributed by atoms with Gasteiger partial charge in [0.2, 0.25) is 5.91 Å². The Morgan fingerprint density at radius 1 is 1.36 bits per heavy atom. The van der Waals surface area contributed by atoms with E-state index in [4.69, 9.17) is 16.3 Å². The lowest BCUT2D eigenvalue weighted by Crippen LogP contribution is -2.42. The Morgan fingerprint density at radius 3 is 2.79 bits per heavy atom. The number of rotatable bonds is 5. The number of esters is 1. The van der Waals surface area contributed by atoms with E-state index >= 15 is 0 Å². The number of nitrogens with one attached hydrogen (secondary N) is 1. The molecule has 8 heteroatoms. The molecule has 0 aliphatic carbocycles. The normalized spacial score (nSPS) is 14.5. The van der Waals surface area contributed by atoms with E-state index in [9.17, 15) is 14.9 Å². The van der Waals surface area contributed by atoms with Crippen molar-refractivity contribution in [3.8, 4) is 6.07 Å². The molecule has 1 N–H and O–H groups in total. The topological polar surface area (TPSA) is 95.3 Å². The molecule has 3 rings (SSSR count). The van der Waals surface area contributed by atoms with E-state index in [1.807, 2.05) is 0 Å². The van der Waals surface area contributed by atoms with Crippen LogP contribution in [0.2, 0.25) is 5.02 Å². The number of piperidine rings is 1. The molecule has 0 bridgehead atoms. The number of benzene rings is 1. The number of carbonyl (C=O) groups is 2. The standard InChI is InChI=1S/C20H21ClN4O3/c1-2-28-19(26)12-23-20(27)13-5-7-25(8-6-13)18-9-14(11-22)16-10-15(21)3-4-17(16)24-18/h3-4,9-10,13H,2,5-8,12H2,1H3,(H,23,27). The number of hydrogen-bond acceptors (Lipinski definition) is 6. The molecule has 0 atom stereocenters. The van der Waals surface area contributed by atoms with Gasteiger partial charge in [0.05, 0.1) is 23.8 Å². The van der Waals surface area contributed by atoms with Crippen molar-refractivity contribution in [1.29, 1.82) is 5.26 Å². The highest BCUT2D eigenvalue weighted by molar-refractivity contribution is 6.31. The molecule has 0 radical (unpaired) electrons. The third kappa shape index (κ3) is 4.52. The third-order valence-corrected chi connectivity index (χ3v) is 5.01. The van der Waals surface area contributed by atoms with Crippen LogP contribution in [-0.2, 0) is 14.3 Å². The quantitative estimate of drug-likeness (QED) is 0.775. The lowest BCUT2D eigenvalue weighted by molar-refractivity contribution is -0.143. The second-order valence-corrected chi connectivity index (χ2v) is 7.02. The summed E-state index contributed by atoms with van der Waals surface area (Å²) in [5.74, 6) is 0.00134. The molecule has 1 aliphatic heterocycles. The summed E-state index contributed by atoms with van der Waals surface area (Å²) in [7, 11) is 0. The number of fused-ring (bicyclic) bond motifs is 1. The Kier molecular flexibility index (Phi) is 6.32. The number of hydrogen-bond donors (Lipinski definition) is 1. The summed E-state index contributed by atoms with van der Waals surface area (Å²) in [6, 6.07) is 9.27. The van der Waals surface area contributed by atoms with Gasteiger partial charge in [-0.2, -0.15) is 5.26 Å². The van der Waals surface area contributed by atoms with E-state index in [0.29, 0.717) is 48.6 Å². The number of halogens is 1. The van der Waals surface area contributed by atoms with Crippen LogP contribution in [0.5, 0.6) is 0 Å². The fourth-order valence-electron chi connectivity index (χ4n) is 3.32. The number of anilines is 1. The summed E-state index contributed by atoms with van der Waals surface area (Å²) in [6.07, 6.45) is 1.30. The molecule has 2 aromatic rings. The molecule has 2 heterocycles. The van der Waals surface area contributed by atoms with Crippen LogP contribution in [0.4, 0.5) is 5.82 Å². The maximum atomic E-state index is 12.2. The molecule has 28 heavy (non-hydrogen) atoms. The Balaban J connectivity index is 1.65. The van der Waals surface area contributed by atoms with E-state index in [1.165, 1.54) is 0 Å². The average molecular weight is 401 g/mol. The molecule has 1 fully saturated rings. The third-order valence-electron chi connectivity index (χ3n) is 4.78. The molecular weight excluding hydrogens is 380 g/mol. The number of nitrogens with zero attached hydrogens (tertiary/aromatic N) is 3. The maximum Gasteiger partial charge on any atom is 0.325 e. The molecule has 1 aliphatic rings. The first kappa shape index (κ1) is 19.9. The minimum absolute atomic E-state index is 0.104. The van der Waals surface area contributed by atoms with Crippen molar-refractivity contribution >= 4 is 40.2 Å². The van der Waals surface area contributed by atoms with Gasteiger partial charge in [-0.1, -0.05) is 11.6 Å². The molecule has 146 valence electrons. The number of pyridine rings is 1. The minimum Gasteiger partial charge on any atom is -0.465 e. The molecule has 1 aromatic carbocycles. The van der Waals surface area contributed by atoms with Gasteiger partial charge in [-0.25, -0.2) is 4.98 Å². The van der Waals surface area contributed by atoms with Crippen molar-refractivity contribution in [2.75, 3.05) is 31.1 Å². The molecule has 0 unspecified atom stereocenters. The molecule has 7 nitrogen and oxygen atoms in total. The summed E-state index contributed by atoms with van der Waals surface area (Å²) >= 11 is 6.03. The van der Waals surface area contributed by atoms with Crippen LogP contribution in [0.3, 0.4) is 0 Å². The monoisotopic (exact) mass is 400 g/mol. The zero-order valence-corrected chi connectivity index (χ0v) is 16.3. The fraction of sp³-hybridized carbons (Fsp3) is 0.400. The molecule has 0 spiro atoms. The number of nitriles is 1. The highest BCUT2D eigenvalue weighted by Crippen LogP contribution is 2.28. The SMILES string of the molecule is CCOC(=O)CNC(=O)C1CCN(c2cc(C#N)c3cc(Cl)ccc3n2)CC1. The van der Waals surface area contributed by atoms with Gasteiger partial charge < -0.3 is 15.0 Å². The van der Waals surface area contributed by atoms with Crippen LogP contribution in [-0.4, -0.2) is 43.1 Å². The van der Waals surface area contributed by atoms with Gasteiger partial charge >= 0.3 is 5.97 Å². The predicted molar refractivity (Wildman–Crippen MR) is 106 cm³/mol. The summed E-state index contributed by atoms with van der Waals surface area (Å²) in [5, 5.41) is 13.4. The van der Waals surface area contributed by atoms with Crippen LogP contribution < -0.4 is 10.2 Å². The Bertz CT molecular complexity index is 933. The highest BCUT2D eigenvalue weighted by Gasteiger charge is 2.26. The van der Waals surface area contributed by atoms with Crippen molar-refractivity contribution in [3.05, 3.63) is 34.9 Å². The van der Waals surface area contributed by atoms with Crippen LogP contribution in [0.15, 0.2) is 24.3 Å². The average Bonchev–Trinajstić information content (AvgIpc) is 2.71. The second kappa shape index (κ2) is 8.89. The Hall–Kier alpha value is -2.85. The van der Waals surface area contributed by atoms with Gasteiger partial charge in [0.1, 0.15) is 12.4 Å². The lowest BCUT2D eigenvalue weighted by atomic mass is 9.95. The van der Waals surface area contributed by atoms with Gasteiger partial charge in [-0.3, -0.25) is 9.59 Å². The van der Waals surface area contributed by atoms with Crippen LogP contribution in [0.25, 0.3) is 10.9 Å². The van der Waals surface area contributed by atoms with Gasteiger partial charge in [0.15, 0.2) is 0 Å². The fourth-order valence-corrected chi connectivity index (χ4v) is 3.50. The number of carbonyl (C=O) groups excluding carboxylic acids is 2. The molecule has 1 amide bonds. The highest BCUT2D eigenvalue weighted by atomic mass is 35.5. The van der Waals surface area contributed by atoms with Crippen molar-refractivity contribution in [2.24, 2.45) is 5.92 Å². The Labute approximate surface area is 168 Å². The first-order valence-electron chi connectivity index (χ1n) is 9.20. The van der Waals surface area contributed by atoms with Crippen molar-refractivity contribution in [2.45, 2.75) is 19.8 Å². The first-order valence-corrected chi connectivity index (χ1v) is 9.58. The first-order chi connectivity index (χ1) is 13.5. The maximum absolute atomic E-state index is 12.2. The van der Waals surface area contributed by atoms with Crippen molar-refractivity contribution in [3.63, 3.8) is 0 Å². The Morgan fingerprint density at radius 2 is 2.11 bits per heavy atom. The van der Waals surface area contributed by atoms with E-state index in [0.717, 1.165) is 11.2 Å². The largest absolute Gasteiger partial charge is 0.465 e. The van der Waals surface area contributed by atoms with Gasteiger partial charge in [0.25, 0.3) is 0 Å². The van der Waals surface area contributed by atoms with Crippen molar-refractivity contribution in [1.82, 2.24) is 10.3 Å². The molecule has 1 aromatic heterocycles. The van der Waals surface area contributed by atoms with Crippen LogP contribution >= 0.6 is 11.6 Å². The zero-order chi connectivity index (χ0) is 20.1. The predicted octanol–water partition coefficient (Wildman–Crippen LogP) is 2.66. The van der Waals surface area contributed by atoms with Crippen molar-refractivity contribution < 1.29 is 14.3 Å². The van der Waals surface area contributed by atoms with Gasteiger partial charge in [-0.15, -0.1) is 0 Å². The van der Waals surface area contributed by atoms with Gasteiger partial charge in [0, 0.05) is 29.4 Å². The zero-order valence-electron chi connectivity index (χ0n) is 15.6. The van der Waals surface area contributed by atoms with E-state index < -0.39 is 5.97 Å². The second-order valence-electron chi connectivity index (χ2n) is 6.59. The minimum atomic E-state index is -0.433. The van der Waals surface area contributed by atoms with Crippen LogP contribution in [0, 0.1) is 17.2 Å². The van der Waals surface area contributed by atoms with E-state index in [-0.39, 0.29) is 18.4 Å². The number of amides is 1. The summed E-state index contributed by atoms with van der Waals surface area (Å²) in [4.78, 5) is 30.3. The van der Waals surface area contributed by atoms with Gasteiger partial charge in [-0.05, 0) is 44.0 Å².